The molecule has 0 radical (unpaired) electrons. The van der Waals surface area contributed by atoms with E-state index in [2.05, 4.69) is 11.4 Å². The Morgan fingerprint density at radius 3 is 2.43 bits per heavy atom. The van der Waals surface area contributed by atoms with Gasteiger partial charge < -0.3 is 11.1 Å². The topological polar surface area (TPSA) is 78.9 Å². The van der Waals surface area contributed by atoms with Crippen molar-refractivity contribution in [3.63, 3.8) is 0 Å². The van der Waals surface area contributed by atoms with Gasteiger partial charge in [-0.2, -0.15) is 5.26 Å². The second-order valence-electron chi connectivity index (χ2n) is 6.70. The first-order chi connectivity index (χ1) is 13.4. The molecule has 0 saturated carbocycles. The smallest absolute Gasteiger partial charge is 0.257 e. The van der Waals surface area contributed by atoms with Crippen molar-refractivity contribution >= 4 is 28.9 Å². The largest absolute Gasteiger partial charge is 0.398 e. The summed E-state index contributed by atoms with van der Waals surface area (Å²) in [5, 5.41) is 13.0. The summed E-state index contributed by atoms with van der Waals surface area (Å²) in [7, 11) is 0. The fraction of sp³-hybridized carbons (Fsp3) is 0.130. The lowest BCUT2D eigenvalue weighted by molar-refractivity contribution is 0.102. The predicted octanol–water partition coefficient (Wildman–Crippen LogP) is 5.45. The number of para-hydroxylation sites is 1. The normalized spacial score (nSPS) is 11.5. The third kappa shape index (κ3) is 4.00. The van der Waals surface area contributed by atoms with Gasteiger partial charge >= 0.3 is 0 Å². The van der Waals surface area contributed by atoms with Crippen molar-refractivity contribution in [3.8, 4) is 6.07 Å². The molecule has 28 heavy (non-hydrogen) atoms. The molecule has 0 spiro atoms. The number of halogens is 1. The third-order valence-corrected chi connectivity index (χ3v) is 4.98. The Hall–Kier alpha value is -3.29. The highest BCUT2D eigenvalue weighted by molar-refractivity contribution is 6.32. The number of aryl methyl sites for hydroxylation is 2. The number of hydrogen-bond donors (Lipinski definition) is 2. The van der Waals surface area contributed by atoms with Crippen LogP contribution in [0.1, 0.15) is 38.5 Å². The fourth-order valence-electron chi connectivity index (χ4n) is 3.04. The standard InChI is InChI=1S/C23H20ClN3O/c1-14-7-9-16(10-8-14)19(13-25)18-11-15(2)22(12-20(18)24)27-23(28)17-5-3-4-6-21(17)26/h3-12,19H,26H2,1-2H3,(H,27,28). The van der Waals surface area contributed by atoms with E-state index in [4.69, 9.17) is 17.3 Å². The Labute approximate surface area is 169 Å². The fourth-order valence-corrected chi connectivity index (χ4v) is 3.31. The minimum atomic E-state index is -0.485. The maximum atomic E-state index is 12.5. The van der Waals surface area contributed by atoms with E-state index < -0.39 is 5.92 Å². The maximum Gasteiger partial charge on any atom is 0.257 e. The van der Waals surface area contributed by atoms with Crippen LogP contribution in [0, 0.1) is 25.2 Å². The van der Waals surface area contributed by atoms with Gasteiger partial charge in [0.15, 0.2) is 0 Å². The maximum absolute atomic E-state index is 12.5. The number of rotatable bonds is 4. The highest BCUT2D eigenvalue weighted by atomic mass is 35.5. The zero-order chi connectivity index (χ0) is 20.3. The second-order valence-corrected chi connectivity index (χ2v) is 7.11. The van der Waals surface area contributed by atoms with Gasteiger partial charge in [0, 0.05) is 16.4 Å². The van der Waals surface area contributed by atoms with Crippen LogP contribution in [-0.4, -0.2) is 5.91 Å². The van der Waals surface area contributed by atoms with Gasteiger partial charge in [0.05, 0.1) is 17.6 Å². The highest BCUT2D eigenvalue weighted by Crippen LogP contribution is 2.34. The number of nitrogens with zero attached hydrogens (tertiary/aromatic N) is 1. The molecule has 0 heterocycles. The highest BCUT2D eigenvalue weighted by Gasteiger charge is 2.19. The Bertz CT molecular complexity index is 1070. The zero-order valence-corrected chi connectivity index (χ0v) is 16.4. The molecule has 4 nitrogen and oxygen atoms in total. The Morgan fingerprint density at radius 2 is 1.79 bits per heavy atom. The number of carbonyl (C=O) groups is 1. The SMILES string of the molecule is Cc1ccc(C(C#N)c2cc(C)c(NC(=O)c3ccccc3N)cc2Cl)cc1. The van der Waals surface area contributed by atoms with Crippen molar-refractivity contribution in [1.82, 2.24) is 0 Å². The summed E-state index contributed by atoms with van der Waals surface area (Å²) in [6, 6.07) is 20.5. The molecular formula is C23H20ClN3O. The molecule has 0 aliphatic heterocycles. The van der Waals surface area contributed by atoms with E-state index in [0.717, 1.165) is 16.7 Å². The first-order valence-corrected chi connectivity index (χ1v) is 9.20. The number of nitriles is 1. The molecule has 1 atom stereocenters. The number of anilines is 2. The van der Waals surface area contributed by atoms with Crippen molar-refractivity contribution in [3.05, 3.63) is 93.5 Å². The van der Waals surface area contributed by atoms with Gasteiger partial charge in [0.2, 0.25) is 0 Å². The van der Waals surface area contributed by atoms with E-state index >= 15 is 0 Å². The van der Waals surface area contributed by atoms with Gasteiger partial charge in [0.25, 0.3) is 5.91 Å². The van der Waals surface area contributed by atoms with Gasteiger partial charge in [-0.15, -0.1) is 0 Å². The molecule has 0 saturated heterocycles. The van der Waals surface area contributed by atoms with Crippen molar-refractivity contribution in [1.29, 1.82) is 5.26 Å². The van der Waals surface area contributed by atoms with Gasteiger partial charge in [-0.25, -0.2) is 0 Å². The molecule has 3 aromatic carbocycles. The quantitative estimate of drug-likeness (QED) is 0.582. The first-order valence-electron chi connectivity index (χ1n) is 8.82. The number of amides is 1. The van der Waals surface area contributed by atoms with Crippen LogP contribution in [0.5, 0.6) is 0 Å². The molecule has 0 fully saturated rings. The van der Waals surface area contributed by atoms with E-state index in [9.17, 15) is 10.1 Å². The van der Waals surface area contributed by atoms with Crippen LogP contribution in [0.25, 0.3) is 0 Å². The number of nitrogens with two attached hydrogens (primary N) is 1. The molecular weight excluding hydrogens is 370 g/mol. The zero-order valence-electron chi connectivity index (χ0n) is 15.7. The first kappa shape index (κ1) is 19.5. The number of nitrogens with one attached hydrogen (secondary N) is 1. The molecule has 0 bridgehead atoms. The molecule has 3 N–H and O–H groups in total. The lowest BCUT2D eigenvalue weighted by atomic mass is 9.90. The lowest BCUT2D eigenvalue weighted by Gasteiger charge is -2.16. The molecule has 1 amide bonds. The van der Waals surface area contributed by atoms with Crippen LogP contribution in [0.3, 0.4) is 0 Å². The summed E-state index contributed by atoms with van der Waals surface area (Å²) in [6.07, 6.45) is 0. The number of nitrogen functional groups attached to an aromatic ring is 1. The Balaban J connectivity index is 1.92. The summed E-state index contributed by atoms with van der Waals surface area (Å²) in [5.74, 6) is -0.790. The summed E-state index contributed by atoms with van der Waals surface area (Å²) < 4.78 is 0. The molecule has 0 aliphatic rings. The van der Waals surface area contributed by atoms with Crippen LogP contribution < -0.4 is 11.1 Å². The van der Waals surface area contributed by atoms with Crippen LogP contribution in [-0.2, 0) is 0 Å². The van der Waals surface area contributed by atoms with Crippen molar-refractivity contribution < 1.29 is 4.79 Å². The lowest BCUT2D eigenvalue weighted by Crippen LogP contribution is -2.15. The van der Waals surface area contributed by atoms with E-state index in [1.807, 2.05) is 44.2 Å². The number of hydrogen-bond acceptors (Lipinski definition) is 3. The monoisotopic (exact) mass is 389 g/mol. The molecule has 0 aromatic heterocycles. The molecule has 3 rings (SSSR count). The van der Waals surface area contributed by atoms with Crippen molar-refractivity contribution in [2.24, 2.45) is 0 Å². The molecule has 3 aromatic rings. The van der Waals surface area contributed by atoms with E-state index in [-0.39, 0.29) is 5.91 Å². The minimum Gasteiger partial charge on any atom is -0.398 e. The average Bonchev–Trinajstić information content (AvgIpc) is 2.67. The Kier molecular flexibility index (Phi) is 5.67. The van der Waals surface area contributed by atoms with Gasteiger partial charge in [0.1, 0.15) is 0 Å². The second kappa shape index (κ2) is 8.16. The van der Waals surface area contributed by atoms with Gasteiger partial charge in [-0.05, 0) is 48.7 Å². The summed E-state index contributed by atoms with van der Waals surface area (Å²) in [6.45, 7) is 3.87. The molecule has 1 unspecified atom stereocenters. The van der Waals surface area contributed by atoms with Crippen molar-refractivity contribution in [2.45, 2.75) is 19.8 Å². The minimum absolute atomic E-state index is 0.305. The van der Waals surface area contributed by atoms with Crippen LogP contribution in [0.15, 0.2) is 60.7 Å². The van der Waals surface area contributed by atoms with Crippen molar-refractivity contribution in [2.75, 3.05) is 11.1 Å². The number of carbonyl (C=O) groups excluding carboxylic acids is 1. The van der Waals surface area contributed by atoms with Gasteiger partial charge in [-0.3, -0.25) is 4.79 Å². The van der Waals surface area contributed by atoms with Gasteiger partial charge in [-0.1, -0.05) is 59.6 Å². The average molecular weight is 390 g/mol. The number of benzene rings is 3. The third-order valence-electron chi connectivity index (χ3n) is 4.65. The summed E-state index contributed by atoms with van der Waals surface area (Å²) in [4.78, 5) is 12.5. The van der Waals surface area contributed by atoms with Crippen LogP contribution in [0.2, 0.25) is 5.02 Å². The van der Waals surface area contributed by atoms with E-state index in [0.29, 0.717) is 27.5 Å². The predicted molar refractivity (Wildman–Crippen MR) is 114 cm³/mol. The molecule has 140 valence electrons. The Morgan fingerprint density at radius 1 is 1.11 bits per heavy atom. The van der Waals surface area contributed by atoms with Crippen LogP contribution in [0.4, 0.5) is 11.4 Å². The summed E-state index contributed by atoms with van der Waals surface area (Å²) in [5.41, 5.74) is 10.8. The van der Waals surface area contributed by atoms with E-state index in [1.54, 1.807) is 30.3 Å². The summed E-state index contributed by atoms with van der Waals surface area (Å²) >= 11 is 6.49. The van der Waals surface area contributed by atoms with Crippen LogP contribution >= 0.6 is 11.6 Å². The molecule has 0 aliphatic carbocycles. The molecule has 5 heteroatoms. The van der Waals surface area contributed by atoms with E-state index in [1.165, 1.54) is 0 Å².